The van der Waals surface area contributed by atoms with Gasteiger partial charge < -0.3 is 0 Å². The molecule has 4 aliphatic carbocycles. The van der Waals surface area contributed by atoms with E-state index in [2.05, 4.69) is 0 Å². The molecule has 5 nitrogen and oxygen atoms in total. The molecule has 0 radical (unpaired) electrons. The van der Waals surface area contributed by atoms with Crippen LogP contribution in [0.15, 0.2) is 36.4 Å². The maximum Gasteiger partial charge on any atom is 0.471 e. The summed E-state index contributed by atoms with van der Waals surface area (Å²) < 4.78 is 52.7. The van der Waals surface area contributed by atoms with Gasteiger partial charge in [-0.3, -0.25) is 24.2 Å². The van der Waals surface area contributed by atoms with Crippen molar-refractivity contribution in [2.75, 3.05) is 11.6 Å². The number of carbonyl (C=O) groups is 3. The Morgan fingerprint density at radius 3 is 2.00 bits per heavy atom. The van der Waals surface area contributed by atoms with Gasteiger partial charge in [0.05, 0.1) is 11.8 Å². The summed E-state index contributed by atoms with van der Waals surface area (Å²) in [6, 6.07) is 3.85. The molecule has 0 spiro atoms. The van der Waals surface area contributed by atoms with Crippen molar-refractivity contribution < 1.29 is 31.9 Å². The summed E-state index contributed by atoms with van der Waals surface area (Å²) in [6.07, 6.45) is -0.347. The Balaban J connectivity index is 1.46. The molecule has 9 heteroatoms. The summed E-state index contributed by atoms with van der Waals surface area (Å²) in [5, 5.41) is 0. The van der Waals surface area contributed by atoms with Gasteiger partial charge in [0.25, 0.3) is 0 Å². The summed E-state index contributed by atoms with van der Waals surface area (Å²) in [7, 11) is 0. The number of anilines is 1. The average molecular weight is 408 g/mol. The molecule has 3 amide bonds. The van der Waals surface area contributed by atoms with Gasteiger partial charge in [-0.1, -0.05) is 12.2 Å². The maximum absolute atomic E-state index is 13.2. The van der Waals surface area contributed by atoms with E-state index in [1.54, 1.807) is 0 Å². The van der Waals surface area contributed by atoms with Crippen LogP contribution < -0.4 is 4.90 Å². The van der Waals surface area contributed by atoms with Crippen molar-refractivity contribution in [2.24, 2.45) is 35.5 Å². The molecule has 1 aliphatic heterocycles. The Bertz CT molecular complexity index is 906. The van der Waals surface area contributed by atoms with E-state index in [0.717, 1.165) is 35.6 Å². The number of carbonyl (C=O) groups excluding carboxylic acids is 3. The topological polar surface area (TPSA) is 57.7 Å². The zero-order chi connectivity index (χ0) is 20.7. The predicted octanol–water partition coefficient (Wildman–Crippen LogP) is 2.73. The third-order valence-corrected chi connectivity index (χ3v) is 6.66. The standard InChI is InChI=1S/C20H16F4N2O3/c21-9-1-3-10(4-2-9)25(19(29)20(22,23)24)8-26-17(27)15-11-5-6-12(14-7-13(11)14)16(15)18(26)28/h1-6,11-16H,7-8H2/t11-,12+,13-,14-,15+,16-/m1/s1. The molecule has 1 heterocycles. The van der Waals surface area contributed by atoms with Crippen LogP contribution in [0.5, 0.6) is 0 Å². The Kier molecular flexibility index (Phi) is 3.73. The van der Waals surface area contributed by atoms with Crippen molar-refractivity contribution in [3.05, 3.63) is 42.2 Å². The number of rotatable bonds is 3. The van der Waals surface area contributed by atoms with Crippen LogP contribution in [0.3, 0.4) is 0 Å². The number of hydrogen-bond acceptors (Lipinski definition) is 3. The molecule has 2 saturated carbocycles. The maximum atomic E-state index is 13.2. The lowest BCUT2D eigenvalue weighted by molar-refractivity contribution is -0.171. The highest BCUT2D eigenvalue weighted by molar-refractivity contribution is 6.07. The van der Waals surface area contributed by atoms with Gasteiger partial charge in [-0.2, -0.15) is 13.2 Å². The van der Waals surface area contributed by atoms with Crippen molar-refractivity contribution in [3.8, 4) is 0 Å². The van der Waals surface area contributed by atoms with Gasteiger partial charge in [-0.25, -0.2) is 4.39 Å². The van der Waals surface area contributed by atoms with Crippen LogP contribution in [0.4, 0.5) is 23.2 Å². The molecule has 29 heavy (non-hydrogen) atoms. The van der Waals surface area contributed by atoms with E-state index in [4.69, 9.17) is 0 Å². The third-order valence-electron chi connectivity index (χ3n) is 6.66. The van der Waals surface area contributed by atoms with Crippen molar-refractivity contribution in [2.45, 2.75) is 12.6 Å². The predicted molar refractivity (Wildman–Crippen MR) is 91.4 cm³/mol. The second kappa shape index (κ2) is 5.90. The minimum Gasteiger partial charge on any atom is -0.286 e. The van der Waals surface area contributed by atoms with Gasteiger partial charge in [0, 0.05) is 5.69 Å². The fourth-order valence-corrected chi connectivity index (χ4v) is 5.34. The second-order valence-electron chi connectivity index (χ2n) is 8.11. The molecular formula is C20H16F4N2O3. The SMILES string of the molecule is O=C1[C@@H]2[C@H]3C=C[C@H]([C@H]4C[C@H]34)[C@@H]2C(=O)N1CN(C(=O)C(F)(F)F)c1ccc(F)cc1. The summed E-state index contributed by atoms with van der Waals surface area (Å²) in [5.74, 6) is -4.56. The number of hydrogen-bond donors (Lipinski definition) is 0. The number of imide groups is 1. The lowest BCUT2D eigenvalue weighted by atomic mass is 9.63. The molecule has 1 aromatic rings. The highest BCUT2D eigenvalue weighted by Gasteiger charge is 2.67. The Morgan fingerprint density at radius 1 is 1.00 bits per heavy atom. The molecule has 152 valence electrons. The van der Waals surface area contributed by atoms with E-state index in [-0.39, 0.29) is 17.5 Å². The number of likely N-dealkylation sites (tertiary alicyclic amines) is 1. The van der Waals surface area contributed by atoms with E-state index in [1.807, 2.05) is 12.2 Å². The van der Waals surface area contributed by atoms with Crippen LogP contribution in [-0.4, -0.2) is 35.5 Å². The Labute approximate surface area is 162 Å². The molecule has 0 aromatic heterocycles. The molecule has 1 aromatic carbocycles. The van der Waals surface area contributed by atoms with Gasteiger partial charge in [-0.15, -0.1) is 0 Å². The van der Waals surface area contributed by atoms with Crippen molar-refractivity contribution in [3.63, 3.8) is 0 Å². The monoisotopic (exact) mass is 408 g/mol. The minimum atomic E-state index is -5.21. The molecule has 6 atom stereocenters. The van der Waals surface area contributed by atoms with Crippen LogP contribution in [0, 0.1) is 41.3 Å². The van der Waals surface area contributed by atoms with Crippen LogP contribution in [0.25, 0.3) is 0 Å². The molecule has 0 N–H and O–H groups in total. The first-order valence-electron chi connectivity index (χ1n) is 9.36. The molecule has 5 aliphatic rings. The average Bonchev–Trinajstić information content (AvgIpc) is 3.46. The third kappa shape index (κ3) is 2.63. The fourth-order valence-electron chi connectivity index (χ4n) is 5.34. The number of halogens is 4. The van der Waals surface area contributed by atoms with E-state index in [9.17, 15) is 31.9 Å². The highest BCUT2D eigenvalue weighted by Crippen LogP contribution is 2.65. The van der Waals surface area contributed by atoms with Gasteiger partial charge in [0.15, 0.2) is 0 Å². The van der Waals surface area contributed by atoms with Crippen LogP contribution in [0.1, 0.15) is 6.42 Å². The smallest absolute Gasteiger partial charge is 0.286 e. The number of allylic oxidation sites excluding steroid dienone is 2. The second-order valence-corrected chi connectivity index (χ2v) is 8.11. The highest BCUT2D eigenvalue weighted by atomic mass is 19.4. The number of amides is 3. The molecule has 6 rings (SSSR count). The Hall–Kier alpha value is -2.71. The van der Waals surface area contributed by atoms with E-state index in [0.29, 0.717) is 16.7 Å². The largest absolute Gasteiger partial charge is 0.471 e. The summed E-state index contributed by atoms with van der Waals surface area (Å²) >= 11 is 0. The van der Waals surface area contributed by atoms with E-state index >= 15 is 0 Å². The molecule has 2 bridgehead atoms. The van der Waals surface area contributed by atoms with Crippen molar-refractivity contribution >= 4 is 23.4 Å². The number of alkyl halides is 3. The lowest BCUT2D eigenvalue weighted by Crippen LogP contribution is -2.49. The minimum absolute atomic E-state index is 0.0750. The zero-order valence-electron chi connectivity index (χ0n) is 15.0. The summed E-state index contributed by atoms with van der Waals surface area (Å²) in [6.45, 7) is -0.844. The molecule has 3 fully saturated rings. The fraction of sp³-hybridized carbons (Fsp3) is 0.450. The Morgan fingerprint density at radius 2 is 1.52 bits per heavy atom. The number of benzene rings is 1. The van der Waals surface area contributed by atoms with E-state index < -0.39 is 48.2 Å². The van der Waals surface area contributed by atoms with Gasteiger partial charge in [-0.05, 0) is 54.4 Å². The van der Waals surface area contributed by atoms with Crippen molar-refractivity contribution in [1.29, 1.82) is 0 Å². The quantitative estimate of drug-likeness (QED) is 0.439. The first kappa shape index (κ1) is 18.3. The summed E-state index contributed by atoms with van der Waals surface area (Å²) in [4.78, 5) is 39.1. The van der Waals surface area contributed by atoms with Gasteiger partial charge in [0.2, 0.25) is 11.8 Å². The summed E-state index contributed by atoms with van der Waals surface area (Å²) in [5.41, 5.74) is -0.242. The van der Waals surface area contributed by atoms with Crippen LogP contribution in [0.2, 0.25) is 0 Å². The van der Waals surface area contributed by atoms with Crippen LogP contribution >= 0.6 is 0 Å². The lowest BCUT2D eigenvalue weighted by Gasteiger charge is -2.37. The van der Waals surface area contributed by atoms with Gasteiger partial charge >= 0.3 is 12.1 Å². The first-order chi connectivity index (χ1) is 13.7. The normalized spacial score (nSPS) is 34.3. The molecule has 0 unspecified atom stereocenters. The van der Waals surface area contributed by atoms with Gasteiger partial charge in [0.1, 0.15) is 12.5 Å². The van der Waals surface area contributed by atoms with E-state index in [1.165, 1.54) is 0 Å². The molecular weight excluding hydrogens is 392 g/mol. The van der Waals surface area contributed by atoms with Crippen molar-refractivity contribution in [1.82, 2.24) is 4.90 Å². The molecule has 1 saturated heterocycles. The first-order valence-corrected chi connectivity index (χ1v) is 9.36. The van der Waals surface area contributed by atoms with Crippen LogP contribution in [-0.2, 0) is 14.4 Å². The number of nitrogens with zero attached hydrogens (tertiary/aromatic N) is 2. The zero-order valence-corrected chi connectivity index (χ0v) is 15.0.